The maximum absolute atomic E-state index is 12.8. The van der Waals surface area contributed by atoms with Crippen LogP contribution in [0.4, 0.5) is 0 Å². The van der Waals surface area contributed by atoms with Gasteiger partial charge in [0.2, 0.25) is 0 Å². The van der Waals surface area contributed by atoms with E-state index in [2.05, 4.69) is 19.6 Å². The second kappa shape index (κ2) is 6.05. The molecule has 4 heterocycles. The second-order valence-electron chi connectivity index (χ2n) is 6.84. The minimum absolute atomic E-state index is 0.0842. The molecular formula is C18H18N6O2. The number of amides is 1. The fourth-order valence-electron chi connectivity index (χ4n) is 3.47. The van der Waals surface area contributed by atoms with Crippen molar-refractivity contribution < 1.29 is 9.21 Å². The van der Waals surface area contributed by atoms with Crippen molar-refractivity contribution in [3.05, 3.63) is 48.2 Å². The average molecular weight is 350 g/mol. The van der Waals surface area contributed by atoms with Crippen molar-refractivity contribution in [1.29, 1.82) is 0 Å². The van der Waals surface area contributed by atoms with Gasteiger partial charge in [-0.1, -0.05) is 0 Å². The number of hydrogen-bond donors (Lipinski definition) is 0. The van der Waals surface area contributed by atoms with Crippen LogP contribution >= 0.6 is 0 Å². The fourth-order valence-corrected chi connectivity index (χ4v) is 3.47. The van der Waals surface area contributed by atoms with Gasteiger partial charge in [-0.25, -0.2) is 15.0 Å². The summed E-state index contributed by atoms with van der Waals surface area (Å²) in [4.78, 5) is 26.8. The summed E-state index contributed by atoms with van der Waals surface area (Å²) in [5.41, 5.74) is 4.22. The molecule has 132 valence electrons. The number of hydrogen-bond acceptors (Lipinski definition) is 6. The SMILES string of the molecule is O=C(c1ccncn1)N1CCc2c(c(-c3cocn3)nn2CC2CC2)C1. The van der Waals surface area contributed by atoms with Gasteiger partial charge < -0.3 is 9.32 Å². The number of carbonyl (C=O) groups is 1. The van der Waals surface area contributed by atoms with E-state index in [4.69, 9.17) is 9.52 Å². The van der Waals surface area contributed by atoms with Crippen LogP contribution in [0.3, 0.4) is 0 Å². The van der Waals surface area contributed by atoms with Gasteiger partial charge in [0.05, 0.1) is 6.54 Å². The van der Waals surface area contributed by atoms with Gasteiger partial charge in [0.25, 0.3) is 5.91 Å². The van der Waals surface area contributed by atoms with Gasteiger partial charge in [0.15, 0.2) is 6.39 Å². The maximum atomic E-state index is 12.8. The maximum Gasteiger partial charge on any atom is 0.272 e. The Morgan fingerprint density at radius 2 is 2.23 bits per heavy atom. The summed E-state index contributed by atoms with van der Waals surface area (Å²) in [7, 11) is 0. The summed E-state index contributed by atoms with van der Waals surface area (Å²) in [5.74, 6) is 0.643. The average Bonchev–Trinajstić information content (AvgIpc) is 3.20. The van der Waals surface area contributed by atoms with E-state index >= 15 is 0 Å². The Morgan fingerprint density at radius 1 is 1.31 bits per heavy atom. The Hall–Kier alpha value is -3.03. The number of oxazole rings is 1. The molecule has 1 fully saturated rings. The highest BCUT2D eigenvalue weighted by atomic mass is 16.3. The van der Waals surface area contributed by atoms with E-state index in [0.717, 1.165) is 30.1 Å². The van der Waals surface area contributed by atoms with Crippen LogP contribution in [0, 0.1) is 5.92 Å². The first-order valence-electron chi connectivity index (χ1n) is 8.82. The number of aromatic nitrogens is 5. The Morgan fingerprint density at radius 3 is 2.96 bits per heavy atom. The predicted octanol–water partition coefficient (Wildman–Crippen LogP) is 1.94. The molecule has 1 amide bonds. The molecular weight excluding hydrogens is 332 g/mol. The molecule has 26 heavy (non-hydrogen) atoms. The third kappa shape index (κ3) is 2.67. The quantitative estimate of drug-likeness (QED) is 0.714. The highest BCUT2D eigenvalue weighted by molar-refractivity contribution is 5.92. The van der Waals surface area contributed by atoms with Crippen LogP contribution in [0.1, 0.15) is 34.6 Å². The lowest BCUT2D eigenvalue weighted by Crippen LogP contribution is -2.37. The van der Waals surface area contributed by atoms with Crippen LogP contribution in [-0.4, -0.2) is 42.1 Å². The standard InChI is InChI=1S/C18H18N6O2/c25-18(14-3-5-19-10-20-14)23-6-4-16-13(8-23)17(15-9-26-11-21-15)22-24(16)7-12-1-2-12/h3,5,9-12H,1-2,4,6-8H2. The summed E-state index contributed by atoms with van der Waals surface area (Å²) in [6.45, 7) is 2.11. The molecule has 8 nitrogen and oxygen atoms in total. The third-order valence-corrected chi connectivity index (χ3v) is 5.03. The summed E-state index contributed by atoms with van der Waals surface area (Å²) in [5, 5.41) is 4.81. The molecule has 0 spiro atoms. The van der Waals surface area contributed by atoms with E-state index in [0.29, 0.717) is 24.5 Å². The molecule has 2 aliphatic rings. The summed E-state index contributed by atoms with van der Waals surface area (Å²) in [6, 6.07) is 1.65. The molecule has 1 saturated carbocycles. The van der Waals surface area contributed by atoms with Gasteiger partial charge in [-0.3, -0.25) is 9.48 Å². The van der Waals surface area contributed by atoms with Crippen LogP contribution in [0.15, 0.2) is 35.7 Å². The lowest BCUT2D eigenvalue weighted by molar-refractivity contribution is 0.0727. The van der Waals surface area contributed by atoms with Crippen molar-refractivity contribution in [2.24, 2.45) is 5.92 Å². The van der Waals surface area contributed by atoms with E-state index < -0.39 is 0 Å². The van der Waals surface area contributed by atoms with Crippen LogP contribution in [0.25, 0.3) is 11.4 Å². The molecule has 0 unspecified atom stereocenters. The minimum atomic E-state index is -0.0842. The predicted molar refractivity (Wildman–Crippen MR) is 90.9 cm³/mol. The second-order valence-corrected chi connectivity index (χ2v) is 6.84. The van der Waals surface area contributed by atoms with Crippen LogP contribution in [-0.2, 0) is 19.5 Å². The summed E-state index contributed by atoms with van der Waals surface area (Å²) < 4.78 is 7.26. The fraction of sp³-hybridized carbons (Fsp3) is 0.389. The molecule has 0 aromatic carbocycles. The molecule has 3 aromatic heterocycles. The highest BCUT2D eigenvalue weighted by Gasteiger charge is 2.31. The zero-order valence-electron chi connectivity index (χ0n) is 14.2. The number of carbonyl (C=O) groups excluding carboxylic acids is 1. The monoisotopic (exact) mass is 350 g/mol. The number of fused-ring (bicyclic) bond motifs is 1. The first-order chi connectivity index (χ1) is 12.8. The Kier molecular flexibility index (Phi) is 3.55. The van der Waals surface area contributed by atoms with E-state index in [9.17, 15) is 4.79 Å². The minimum Gasteiger partial charge on any atom is -0.451 e. The Balaban J connectivity index is 1.49. The third-order valence-electron chi connectivity index (χ3n) is 5.03. The van der Waals surface area contributed by atoms with Crippen LogP contribution in [0.2, 0.25) is 0 Å². The lowest BCUT2D eigenvalue weighted by atomic mass is 10.0. The smallest absolute Gasteiger partial charge is 0.272 e. The van der Waals surface area contributed by atoms with Gasteiger partial charge in [0, 0.05) is 37.0 Å². The zero-order valence-corrected chi connectivity index (χ0v) is 14.2. The first kappa shape index (κ1) is 15.2. The van der Waals surface area contributed by atoms with E-state index in [1.165, 1.54) is 31.3 Å². The lowest BCUT2D eigenvalue weighted by Gasteiger charge is -2.27. The summed E-state index contributed by atoms with van der Waals surface area (Å²) >= 11 is 0. The molecule has 1 aliphatic heterocycles. The van der Waals surface area contributed by atoms with Gasteiger partial charge in [-0.15, -0.1) is 0 Å². The van der Waals surface area contributed by atoms with Gasteiger partial charge in [-0.05, 0) is 24.8 Å². The molecule has 0 bridgehead atoms. The van der Waals surface area contributed by atoms with Crippen LogP contribution < -0.4 is 0 Å². The van der Waals surface area contributed by atoms with Crippen molar-refractivity contribution in [3.63, 3.8) is 0 Å². The largest absolute Gasteiger partial charge is 0.451 e. The topological polar surface area (TPSA) is 89.9 Å². The van der Waals surface area contributed by atoms with Crippen molar-refractivity contribution in [1.82, 2.24) is 29.6 Å². The van der Waals surface area contributed by atoms with Crippen molar-refractivity contribution in [3.8, 4) is 11.4 Å². The molecule has 0 atom stereocenters. The molecule has 8 heteroatoms. The van der Waals surface area contributed by atoms with Crippen molar-refractivity contribution >= 4 is 5.91 Å². The van der Waals surface area contributed by atoms with E-state index in [1.807, 2.05) is 4.90 Å². The summed E-state index contributed by atoms with van der Waals surface area (Å²) in [6.07, 6.45) is 9.33. The molecule has 0 saturated heterocycles. The van der Waals surface area contributed by atoms with E-state index in [-0.39, 0.29) is 5.91 Å². The molecule has 0 N–H and O–H groups in total. The van der Waals surface area contributed by atoms with Gasteiger partial charge in [0.1, 0.15) is 29.7 Å². The van der Waals surface area contributed by atoms with E-state index in [1.54, 1.807) is 18.5 Å². The number of rotatable bonds is 4. The van der Waals surface area contributed by atoms with Gasteiger partial charge >= 0.3 is 0 Å². The first-order valence-corrected chi connectivity index (χ1v) is 8.82. The molecule has 1 aliphatic carbocycles. The normalized spacial score (nSPS) is 16.5. The highest BCUT2D eigenvalue weighted by Crippen LogP contribution is 2.34. The van der Waals surface area contributed by atoms with Crippen LogP contribution in [0.5, 0.6) is 0 Å². The van der Waals surface area contributed by atoms with Gasteiger partial charge in [-0.2, -0.15) is 5.10 Å². The van der Waals surface area contributed by atoms with Crippen molar-refractivity contribution in [2.75, 3.05) is 6.54 Å². The zero-order chi connectivity index (χ0) is 17.5. The Labute approximate surface area is 149 Å². The molecule has 3 aromatic rings. The number of nitrogens with zero attached hydrogens (tertiary/aromatic N) is 6. The van der Waals surface area contributed by atoms with Crippen molar-refractivity contribution in [2.45, 2.75) is 32.4 Å². The molecule has 0 radical (unpaired) electrons. The molecule has 5 rings (SSSR count). The Bertz CT molecular complexity index is 930.